The van der Waals surface area contributed by atoms with Crippen LogP contribution in [0.15, 0.2) is 42.5 Å². The first-order valence-corrected chi connectivity index (χ1v) is 9.44. The van der Waals surface area contributed by atoms with Crippen LogP contribution in [0.2, 0.25) is 10.0 Å². The highest BCUT2D eigenvalue weighted by molar-refractivity contribution is 6.35. The van der Waals surface area contributed by atoms with Crippen molar-refractivity contribution in [3.05, 3.63) is 69.3 Å². The topological polar surface area (TPSA) is 17.0 Å². The molecule has 1 N–H and O–H groups in total. The van der Waals surface area contributed by atoms with Gasteiger partial charge in [0.2, 0.25) is 0 Å². The molecule has 3 rings (SSSR count). The maximum absolute atomic E-state index is 6.40. The molecule has 0 saturated carbocycles. The van der Waals surface area contributed by atoms with Gasteiger partial charge in [-0.25, -0.2) is 0 Å². The minimum absolute atomic E-state index is 0.640. The molecule has 4 heteroatoms. The molecular weight excluding hydrogens is 351 g/mol. The number of hydrogen-bond donors (Lipinski definition) is 1. The predicted molar refractivity (Wildman–Crippen MR) is 109 cm³/mol. The molecule has 0 spiro atoms. The van der Waals surface area contributed by atoms with Crippen molar-refractivity contribution in [1.82, 2.24) is 9.88 Å². The number of benzene rings is 2. The molecule has 1 heterocycles. The first-order chi connectivity index (χ1) is 12.0. The van der Waals surface area contributed by atoms with Gasteiger partial charge in [0.05, 0.1) is 0 Å². The highest BCUT2D eigenvalue weighted by atomic mass is 35.5. The molecule has 0 aliphatic heterocycles. The van der Waals surface area contributed by atoms with Crippen molar-refractivity contribution in [2.75, 3.05) is 6.54 Å². The van der Waals surface area contributed by atoms with Crippen LogP contribution in [0.25, 0.3) is 10.9 Å². The van der Waals surface area contributed by atoms with Crippen molar-refractivity contribution in [2.45, 2.75) is 33.9 Å². The van der Waals surface area contributed by atoms with Crippen LogP contribution < -0.4 is 5.32 Å². The zero-order chi connectivity index (χ0) is 18.0. The van der Waals surface area contributed by atoms with Crippen molar-refractivity contribution >= 4 is 34.1 Å². The third-order valence-electron chi connectivity index (χ3n) is 4.56. The van der Waals surface area contributed by atoms with Gasteiger partial charge in [0.25, 0.3) is 0 Å². The van der Waals surface area contributed by atoms with Crippen LogP contribution in [0.1, 0.15) is 30.7 Å². The zero-order valence-electron chi connectivity index (χ0n) is 14.9. The second-order valence-electron chi connectivity index (χ2n) is 6.93. The fourth-order valence-corrected chi connectivity index (χ4v) is 3.70. The average Bonchev–Trinajstić information content (AvgIpc) is 2.83. The Morgan fingerprint density at radius 2 is 1.84 bits per heavy atom. The minimum Gasteiger partial charge on any atom is -0.340 e. The van der Waals surface area contributed by atoms with E-state index in [9.17, 15) is 0 Å². The van der Waals surface area contributed by atoms with Gasteiger partial charge < -0.3 is 9.88 Å². The summed E-state index contributed by atoms with van der Waals surface area (Å²) < 4.78 is 2.34. The highest BCUT2D eigenvalue weighted by Gasteiger charge is 2.14. The normalized spacial score (nSPS) is 11.6. The Morgan fingerprint density at radius 1 is 1.08 bits per heavy atom. The van der Waals surface area contributed by atoms with E-state index in [0.717, 1.165) is 25.2 Å². The first kappa shape index (κ1) is 18.3. The molecule has 1 aromatic heterocycles. The number of hydrogen-bond acceptors (Lipinski definition) is 1. The standard InChI is InChI=1S/C21H24Cl2N2/c1-14(2)11-24-12-19-15(3)25(21-7-5-4-6-18(19)21)13-16-8-9-17(22)10-20(16)23/h4-10,14,24H,11-13H2,1-3H3. The van der Waals surface area contributed by atoms with E-state index in [-0.39, 0.29) is 0 Å². The predicted octanol–water partition coefficient (Wildman–Crippen LogP) is 6.05. The molecule has 0 radical (unpaired) electrons. The molecule has 25 heavy (non-hydrogen) atoms. The molecule has 0 aliphatic rings. The monoisotopic (exact) mass is 374 g/mol. The molecule has 2 nitrogen and oxygen atoms in total. The molecule has 0 bridgehead atoms. The van der Waals surface area contributed by atoms with Crippen LogP contribution in [0.4, 0.5) is 0 Å². The van der Waals surface area contributed by atoms with Crippen LogP contribution in [0.5, 0.6) is 0 Å². The molecule has 132 valence electrons. The Labute approximate surface area is 159 Å². The Hall–Kier alpha value is -1.48. The largest absolute Gasteiger partial charge is 0.340 e. The SMILES string of the molecule is Cc1c(CNCC(C)C)c2ccccc2n1Cc1ccc(Cl)cc1Cl. The van der Waals surface area contributed by atoms with Gasteiger partial charge >= 0.3 is 0 Å². The summed E-state index contributed by atoms with van der Waals surface area (Å²) in [4.78, 5) is 0. The van der Waals surface area contributed by atoms with Crippen molar-refractivity contribution in [1.29, 1.82) is 0 Å². The Balaban J connectivity index is 1.98. The number of aromatic nitrogens is 1. The molecule has 3 aromatic rings. The molecule has 0 aliphatic carbocycles. The molecule has 2 aromatic carbocycles. The summed E-state index contributed by atoms with van der Waals surface area (Å²) >= 11 is 12.4. The van der Waals surface area contributed by atoms with Crippen LogP contribution in [-0.2, 0) is 13.1 Å². The number of nitrogens with zero attached hydrogens (tertiary/aromatic N) is 1. The van der Waals surface area contributed by atoms with Crippen molar-refractivity contribution < 1.29 is 0 Å². The van der Waals surface area contributed by atoms with Crippen LogP contribution >= 0.6 is 23.2 Å². The fraction of sp³-hybridized carbons (Fsp3) is 0.333. The van der Waals surface area contributed by atoms with Gasteiger partial charge in [-0.05, 0) is 48.7 Å². The van der Waals surface area contributed by atoms with E-state index in [1.54, 1.807) is 0 Å². The lowest BCUT2D eigenvalue weighted by atomic mass is 10.1. The van der Waals surface area contributed by atoms with E-state index in [1.807, 2.05) is 18.2 Å². The van der Waals surface area contributed by atoms with Gasteiger partial charge in [0.15, 0.2) is 0 Å². The Kier molecular flexibility index (Phi) is 5.73. The summed E-state index contributed by atoms with van der Waals surface area (Å²) in [5, 5.41) is 6.26. The summed E-state index contributed by atoms with van der Waals surface area (Å²) in [6.45, 7) is 9.29. The summed E-state index contributed by atoms with van der Waals surface area (Å²) in [6.07, 6.45) is 0. The summed E-state index contributed by atoms with van der Waals surface area (Å²) in [5.41, 5.74) is 4.97. The smallest absolute Gasteiger partial charge is 0.0493 e. The molecule has 0 atom stereocenters. The van der Waals surface area contributed by atoms with Crippen molar-refractivity contribution in [2.24, 2.45) is 5.92 Å². The molecular formula is C21H24Cl2N2. The van der Waals surface area contributed by atoms with Gasteiger partial charge in [-0.1, -0.05) is 61.3 Å². The van der Waals surface area contributed by atoms with E-state index in [2.05, 4.69) is 54.9 Å². The lowest BCUT2D eigenvalue weighted by molar-refractivity contribution is 0.551. The van der Waals surface area contributed by atoms with Gasteiger partial charge in [-0.15, -0.1) is 0 Å². The number of para-hydroxylation sites is 1. The third-order valence-corrected chi connectivity index (χ3v) is 5.15. The highest BCUT2D eigenvalue weighted by Crippen LogP contribution is 2.29. The van der Waals surface area contributed by atoms with E-state index >= 15 is 0 Å². The number of nitrogens with one attached hydrogen (secondary N) is 1. The number of halogens is 2. The van der Waals surface area contributed by atoms with Gasteiger partial charge in [-0.3, -0.25) is 0 Å². The molecule has 0 fully saturated rings. The summed E-state index contributed by atoms with van der Waals surface area (Å²) in [6, 6.07) is 14.3. The van der Waals surface area contributed by atoms with Gasteiger partial charge in [0.1, 0.15) is 0 Å². The lowest BCUT2D eigenvalue weighted by Crippen LogP contribution is -2.19. The fourth-order valence-electron chi connectivity index (χ4n) is 3.24. The summed E-state index contributed by atoms with van der Waals surface area (Å²) in [7, 11) is 0. The van der Waals surface area contributed by atoms with Crippen molar-refractivity contribution in [3.63, 3.8) is 0 Å². The molecule has 0 unspecified atom stereocenters. The summed E-state index contributed by atoms with van der Waals surface area (Å²) in [5.74, 6) is 0.640. The van der Waals surface area contributed by atoms with Gasteiger partial charge in [-0.2, -0.15) is 0 Å². The maximum atomic E-state index is 6.40. The van der Waals surface area contributed by atoms with Crippen LogP contribution in [0, 0.1) is 12.8 Å². The van der Waals surface area contributed by atoms with E-state index in [1.165, 1.54) is 22.2 Å². The average molecular weight is 375 g/mol. The Morgan fingerprint density at radius 3 is 2.56 bits per heavy atom. The van der Waals surface area contributed by atoms with Crippen LogP contribution in [0.3, 0.4) is 0 Å². The minimum atomic E-state index is 0.640. The zero-order valence-corrected chi connectivity index (χ0v) is 16.5. The van der Waals surface area contributed by atoms with Gasteiger partial charge in [0, 0.05) is 39.7 Å². The quantitative estimate of drug-likeness (QED) is 0.555. The van der Waals surface area contributed by atoms with Crippen molar-refractivity contribution in [3.8, 4) is 0 Å². The number of fused-ring (bicyclic) bond motifs is 1. The van der Waals surface area contributed by atoms with E-state index in [4.69, 9.17) is 23.2 Å². The first-order valence-electron chi connectivity index (χ1n) is 8.68. The van der Waals surface area contributed by atoms with Crippen LogP contribution in [-0.4, -0.2) is 11.1 Å². The lowest BCUT2D eigenvalue weighted by Gasteiger charge is -2.11. The third kappa shape index (κ3) is 4.03. The van der Waals surface area contributed by atoms with E-state index < -0.39 is 0 Å². The second-order valence-corrected chi connectivity index (χ2v) is 7.77. The van der Waals surface area contributed by atoms with E-state index in [0.29, 0.717) is 16.0 Å². The second kappa shape index (κ2) is 7.82. The maximum Gasteiger partial charge on any atom is 0.0493 e. The Bertz CT molecular complexity index is 881. The molecule has 0 amide bonds. The number of rotatable bonds is 6. The molecule has 0 saturated heterocycles.